The molecular weight excluding hydrogens is 220 g/mol. The van der Waals surface area contributed by atoms with Gasteiger partial charge in [-0.05, 0) is 75.5 Å². The third-order valence-electron chi connectivity index (χ3n) is 4.46. The predicted molar refractivity (Wildman–Crippen MR) is 80.9 cm³/mol. The van der Waals surface area contributed by atoms with E-state index in [0.717, 1.165) is 24.9 Å². The van der Waals surface area contributed by atoms with Crippen molar-refractivity contribution >= 4 is 0 Å². The lowest BCUT2D eigenvalue weighted by Gasteiger charge is -2.37. The van der Waals surface area contributed by atoms with Gasteiger partial charge in [-0.3, -0.25) is 0 Å². The smallest absolute Gasteiger partial charge is 0.00205 e. The maximum Gasteiger partial charge on any atom is -0.00205 e. The Balaban J connectivity index is 2.02. The summed E-state index contributed by atoms with van der Waals surface area (Å²) in [5.41, 5.74) is 0.518. The highest BCUT2D eigenvalue weighted by Crippen LogP contribution is 2.39. The molecule has 0 unspecified atom stereocenters. The Labute approximate surface area is 114 Å². The fourth-order valence-corrected chi connectivity index (χ4v) is 3.05. The van der Waals surface area contributed by atoms with Crippen LogP contribution in [0, 0.1) is 17.3 Å². The zero-order valence-electron chi connectivity index (χ0n) is 13.0. The van der Waals surface area contributed by atoms with E-state index in [-0.39, 0.29) is 0 Å². The van der Waals surface area contributed by atoms with Crippen LogP contribution in [0.2, 0.25) is 0 Å². The molecule has 1 aliphatic rings. The highest BCUT2D eigenvalue weighted by Gasteiger charge is 2.29. The molecule has 0 heterocycles. The maximum absolute atomic E-state index is 3.63. The van der Waals surface area contributed by atoms with Crippen molar-refractivity contribution in [1.29, 1.82) is 0 Å². The van der Waals surface area contributed by atoms with Crippen molar-refractivity contribution in [2.24, 2.45) is 17.3 Å². The number of nitrogens with one attached hydrogen (secondary N) is 2. The highest BCUT2D eigenvalue weighted by molar-refractivity contribution is 4.81. The molecule has 0 aliphatic heterocycles. The van der Waals surface area contributed by atoms with E-state index < -0.39 is 0 Å². The Morgan fingerprint density at radius 1 is 0.944 bits per heavy atom. The van der Waals surface area contributed by atoms with Gasteiger partial charge in [-0.15, -0.1) is 0 Å². The van der Waals surface area contributed by atoms with E-state index in [0.29, 0.717) is 5.41 Å². The maximum atomic E-state index is 3.63. The summed E-state index contributed by atoms with van der Waals surface area (Å²) in [5.74, 6) is 1.88. The molecule has 1 fully saturated rings. The van der Waals surface area contributed by atoms with Crippen LogP contribution in [0.5, 0.6) is 0 Å². The molecule has 0 saturated heterocycles. The quantitative estimate of drug-likeness (QED) is 0.680. The summed E-state index contributed by atoms with van der Waals surface area (Å²) in [6.07, 6.45) is 7.00. The lowest BCUT2D eigenvalue weighted by molar-refractivity contribution is 0.149. The Morgan fingerprint density at radius 2 is 1.56 bits per heavy atom. The predicted octanol–water partition coefficient (Wildman–Crippen LogP) is 3.43. The Morgan fingerprint density at radius 3 is 2.11 bits per heavy atom. The highest BCUT2D eigenvalue weighted by atomic mass is 14.9. The second-order valence-electron chi connectivity index (χ2n) is 6.99. The minimum Gasteiger partial charge on any atom is -0.317 e. The fourth-order valence-electron chi connectivity index (χ4n) is 3.05. The van der Waals surface area contributed by atoms with Crippen molar-refractivity contribution in [2.75, 3.05) is 26.2 Å². The van der Waals surface area contributed by atoms with Crippen LogP contribution in [0.4, 0.5) is 0 Å². The summed E-state index contributed by atoms with van der Waals surface area (Å²) in [5, 5.41) is 7.00. The van der Waals surface area contributed by atoms with E-state index in [9.17, 15) is 0 Å². The van der Waals surface area contributed by atoms with Crippen LogP contribution in [-0.2, 0) is 0 Å². The van der Waals surface area contributed by atoms with Gasteiger partial charge in [0.2, 0.25) is 0 Å². The molecule has 2 nitrogen and oxygen atoms in total. The minimum atomic E-state index is 0.518. The summed E-state index contributed by atoms with van der Waals surface area (Å²) in [6, 6.07) is 0. The van der Waals surface area contributed by atoms with Crippen LogP contribution < -0.4 is 10.6 Å². The first-order valence-corrected chi connectivity index (χ1v) is 7.95. The average molecular weight is 254 g/mol. The molecule has 0 aromatic carbocycles. The van der Waals surface area contributed by atoms with Crippen LogP contribution in [0.15, 0.2) is 0 Å². The van der Waals surface area contributed by atoms with E-state index in [1.54, 1.807) is 0 Å². The largest absolute Gasteiger partial charge is 0.317 e. The van der Waals surface area contributed by atoms with Gasteiger partial charge in [0, 0.05) is 0 Å². The van der Waals surface area contributed by atoms with Crippen LogP contribution in [0.25, 0.3) is 0 Å². The van der Waals surface area contributed by atoms with Gasteiger partial charge < -0.3 is 10.6 Å². The molecule has 0 bridgehead atoms. The van der Waals surface area contributed by atoms with Crippen molar-refractivity contribution in [3.8, 4) is 0 Å². The van der Waals surface area contributed by atoms with Crippen molar-refractivity contribution in [3.05, 3.63) is 0 Å². The second kappa shape index (κ2) is 8.16. The first kappa shape index (κ1) is 16.0. The van der Waals surface area contributed by atoms with Gasteiger partial charge in [-0.2, -0.15) is 0 Å². The zero-order valence-corrected chi connectivity index (χ0v) is 13.0. The normalized spacial score (nSPS) is 25.3. The van der Waals surface area contributed by atoms with Gasteiger partial charge in [0.1, 0.15) is 0 Å². The zero-order chi connectivity index (χ0) is 13.4. The van der Waals surface area contributed by atoms with Crippen molar-refractivity contribution in [2.45, 2.75) is 59.8 Å². The van der Waals surface area contributed by atoms with Crippen molar-refractivity contribution < 1.29 is 0 Å². The molecule has 0 amide bonds. The Bertz CT molecular complexity index is 200. The lowest BCUT2D eigenvalue weighted by Crippen LogP contribution is -2.31. The topological polar surface area (TPSA) is 24.1 Å². The van der Waals surface area contributed by atoms with E-state index in [2.05, 4.69) is 38.3 Å². The van der Waals surface area contributed by atoms with Gasteiger partial charge in [0.05, 0.1) is 0 Å². The second-order valence-corrected chi connectivity index (χ2v) is 6.99. The third kappa shape index (κ3) is 6.19. The fraction of sp³-hybridized carbons (Fsp3) is 1.00. The molecule has 0 spiro atoms. The van der Waals surface area contributed by atoms with E-state index in [1.807, 2.05) is 0 Å². The van der Waals surface area contributed by atoms with Gasteiger partial charge in [0.15, 0.2) is 0 Å². The summed E-state index contributed by atoms with van der Waals surface area (Å²) >= 11 is 0. The number of hydrogen-bond donors (Lipinski definition) is 2. The molecule has 108 valence electrons. The molecule has 2 N–H and O–H groups in total. The van der Waals surface area contributed by atoms with E-state index in [1.165, 1.54) is 45.2 Å². The molecule has 0 atom stereocenters. The van der Waals surface area contributed by atoms with Crippen LogP contribution in [-0.4, -0.2) is 26.2 Å². The first-order chi connectivity index (χ1) is 8.54. The molecule has 0 aromatic rings. The molecule has 2 heteroatoms. The summed E-state index contributed by atoms with van der Waals surface area (Å²) in [7, 11) is 0. The molecule has 1 saturated carbocycles. The van der Waals surface area contributed by atoms with Crippen molar-refractivity contribution in [1.82, 2.24) is 10.6 Å². The van der Waals surface area contributed by atoms with Gasteiger partial charge in [-0.25, -0.2) is 0 Å². The Kier molecular flexibility index (Phi) is 7.25. The third-order valence-corrected chi connectivity index (χ3v) is 4.46. The molecule has 0 radical (unpaired) electrons. The van der Waals surface area contributed by atoms with Gasteiger partial charge in [-0.1, -0.05) is 27.7 Å². The van der Waals surface area contributed by atoms with Crippen LogP contribution in [0.1, 0.15) is 59.8 Å². The number of rotatable bonds is 7. The Hall–Kier alpha value is -0.0800. The van der Waals surface area contributed by atoms with Crippen molar-refractivity contribution in [3.63, 3.8) is 0 Å². The molecule has 1 rings (SSSR count). The van der Waals surface area contributed by atoms with E-state index >= 15 is 0 Å². The van der Waals surface area contributed by atoms with Crippen LogP contribution in [0.3, 0.4) is 0 Å². The molecule has 18 heavy (non-hydrogen) atoms. The molecule has 0 aromatic heterocycles. The summed E-state index contributed by atoms with van der Waals surface area (Å²) < 4.78 is 0. The minimum absolute atomic E-state index is 0.518. The van der Waals surface area contributed by atoms with Crippen LogP contribution >= 0.6 is 0 Å². The molecule has 1 aliphatic carbocycles. The number of hydrogen-bond acceptors (Lipinski definition) is 2. The first-order valence-electron chi connectivity index (χ1n) is 7.95. The SMILES string of the molecule is CCNCCCNCC1CCC(C(C)(C)C)CC1. The average Bonchev–Trinajstić information content (AvgIpc) is 2.33. The standard InChI is InChI=1S/C16H34N2/c1-5-17-11-6-12-18-13-14-7-9-15(10-8-14)16(2,3)4/h14-15,17-18H,5-13H2,1-4H3. The lowest BCUT2D eigenvalue weighted by atomic mass is 9.70. The molecular formula is C16H34N2. The van der Waals surface area contributed by atoms with Gasteiger partial charge in [0.25, 0.3) is 0 Å². The summed E-state index contributed by atoms with van der Waals surface area (Å²) in [6.45, 7) is 14.0. The van der Waals surface area contributed by atoms with E-state index in [4.69, 9.17) is 0 Å². The summed E-state index contributed by atoms with van der Waals surface area (Å²) in [4.78, 5) is 0. The van der Waals surface area contributed by atoms with Gasteiger partial charge >= 0.3 is 0 Å². The monoisotopic (exact) mass is 254 g/mol.